The van der Waals surface area contributed by atoms with Crippen molar-refractivity contribution in [2.75, 3.05) is 66.0 Å². The molecule has 0 radical (unpaired) electrons. The van der Waals surface area contributed by atoms with Gasteiger partial charge in [-0.1, -0.05) is 29.3 Å². The third kappa shape index (κ3) is 6.29. The Labute approximate surface area is 222 Å². The van der Waals surface area contributed by atoms with Crippen LogP contribution in [-0.2, 0) is 21.2 Å². The van der Waals surface area contributed by atoms with Gasteiger partial charge in [-0.2, -0.15) is 0 Å². The highest BCUT2D eigenvalue weighted by Crippen LogP contribution is 2.33. The molecule has 0 aliphatic carbocycles. The van der Waals surface area contributed by atoms with Crippen molar-refractivity contribution in [1.82, 2.24) is 9.21 Å². The number of nitrogens with zero attached hydrogens (tertiary/aromatic N) is 3. The molecule has 0 aromatic heterocycles. The summed E-state index contributed by atoms with van der Waals surface area (Å²) in [6.45, 7) is 2.08. The summed E-state index contributed by atoms with van der Waals surface area (Å²) in [4.78, 5) is 14.7. The van der Waals surface area contributed by atoms with E-state index in [9.17, 15) is 13.2 Å². The molecule has 0 atom stereocenters. The number of ether oxygens (including phenoxy) is 3. The zero-order valence-corrected chi connectivity index (χ0v) is 23.1. The van der Waals surface area contributed by atoms with E-state index in [1.165, 1.54) is 17.5 Å². The molecule has 198 valence electrons. The van der Waals surface area contributed by atoms with Crippen molar-refractivity contribution >= 4 is 44.8 Å². The van der Waals surface area contributed by atoms with Crippen LogP contribution < -0.4 is 19.1 Å². The molecular formula is C24H31Cl2N3O6S. The minimum Gasteiger partial charge on any atom is -0.495 e. The Morgan fingerprint density at radius 3 is 2.14 bits per heavy atom. The summed E-state index contributed by atoms with van der Waals surface area (Å²) in [7, 11) is 2.45. The second-order valence-corrected chi connectivity index (χ2v) is 11.4. The number of carbonyl (C=O) groups excluding carboxylic acids is 1. The van der Waals surface area contributed by atoms with Gasteiger partial charge in [0.2, 0.25) is 10.0 Å². The summed E-state index contributed by atoms with van der Waals surface area (Å²) in [5.74, 6) is 1.42. The smallest absolute Gasteiger partial charge is 0.255 e. The SMILES string of the molecule is COc1ccc(CCN(C)S(=O)(=O)c2ccc(OC)c(N3CCN(C(=O)C(Cl)Cl)CC3)c2)cc1OC. The predicted molar refractivity (Wildman–Crippen MR) is 140 cm³/mol. The first-order chi connectivity index (χ1) is 17.1. The number of alkyl halides is 2. The Kier molecular flexibility index (Phi) is 9.57. The quantitative estimate of drug-likeness (QED) is 0.413. The molecule has 0 unspecified atom stereocenters. The summed E-state index contributed by atoms with van der Waals surface area (Å²) in [5.41, 5.74) is 1.57. The maximum atomic E-state index is 13.4. The van der Waals surface area contributed by atoms with Gasteiger partial charge in [-0.15, -0.1) is 0 Å². The molecule has 1 saturated heterocycles. The van der Waals surface area contributed by atoms with Crippen LogP contribution in [0.4, 0.5) is 5.69 Å². The van der Waals surface area contributed by atoms with E-state index < -0.39 is 14.9 Å². The van der Waals surface area contributed by atoms with Crippen LogP contribution in [-0.4, -0.2) is 89.5 Å². The number of hydrogen-bond acceptors (Lipinski definition) is 7. The van der Waals surface area contributed by atoms with Gasteiger partial charge in [0.25, 0.3) is 5.91 Å². The van der Waals surface area contributed by atoms with Crippen molar-refractivity contribution in [2.45, 2.75) is 16.2 Å². The van der Waals surface area contributed by atoms with Crippen molar-refractivity contribution in [3.8, 4) is 17.2 Å². The summed E-state index contributed by atoms with van der Waals surface area (Å²) < 4.78 is 44.1. The molecule has 36 heavy (non-hydrogen) atoms. The van der Waals surface area contributed by atoms with Gasteiger partial charge in [0.05, 0.1) is 31.9 Å². The van der Waals surface area contributed by atoms with Crippen LogP contribution in [0.3, 0.4) is 0 Å². The van der Waals surface area contributed by atoms with E-state index in [4.69, 9.17) is 37.4 Å². The number of rotatable bonds is 10. The number of amides is 1. The number of sulfonamides is 1. The first-order valence-corrected chi connectivity index (χ1v) is 13.6. The molecule has 0 N–H and O–H groups in total. The fourth-order valence-corrected chi connectivity index (χ4v) is 5.47. The number of hydrogen-bond donors (Lipinski definition) is 0. The van der Waals surface area contributed by atoms with Crippen LogP contribution >= 0.6 is 23.2 Å². The lowest BCUT2D eigenvalue weighted by Crippen LogP contribution is -2.50. The van der Waals surface area contributed by atoms with Crippen LogP contribution in [0, 0.1) is 0 Å². The van der Waals surface area contributed by atoms with Gasteiger partial charge in [-0.3, -0.25) is 4.79 Å². The molecule has 1 aliphatic heterocycles. The fourth-order valence-electron chi connectivity index (χ4n) is 4.01. The molecule has 0 spiro atoms. The van der Waals surface area contributed by atoms with E-state index in [1.807, 2.05) is 17.0 Å². The van der Waals surface area contributed by atoms with Crippen molar-refractivity contribution in [3.05, 3.63) is 42.0 Å². The van der Waals surface area contributed by atoms with Gasteiger partial charge >= 0.3 is 0 Å². The van der Waals surface area contributed by atoms with Gasteiger partial charge in [0.15, 0.2) is 16.3 Å². The highest BCUT2D eigenvalue weighted by atomic mass is 35.5. The Morgan fingerprint density at radius 2 is 1.56 bits per heavy atom. The third-order valence-corrected chi connectivity index (χ3v) is 8.37. The molecule has 2 aromatic rings. The van der Waals surface area contributed by atoms with E-state index in [1.54, 1.807) is 44.4 Å². The fraction of sp³-hybridized carbons (Fsp3) is 0.458. The molecule has 3 rings (SSSR count). The molecule has 2 aromatic carbocycles. The molecule has 1 heterocycles. The summed E-state index contributed by atoms with van der Waals surface area (Å²) in [6.07, 6.45) is 0.497. The third-order valence-electron chi connectivity index (χ3n) is 6.14. The average Bonchev–Trinajstić information content (AvgIpc) is 2.90. The number of anilines is 1. The number of benzene rings is 2. The van der Waals surface area contributed by atoms with E-state index >= 15 is 0 Å². The Balaban J connectivity index is 1.75. The molecule has 0 bridgehead atoms. The Bertz CT molecular complexity index is 1170. The van der Waals surface area contributed by atoms with Gasteiger partial charge < -0.3 is 24.0 Å². The van der Waals surface area contributed by atoms with E-state index in [0.717, 1.165) is 5.56 Å². The van der Waals surface area contributed by atoms with Crippen LogP contribution in [0.25, 0.3) is 0 Å². The number of carbonyl (C=O) groups is 1. The number of likely N-dealkylation sites (N-methyl/N-ethyl adjacent to an activating group) is 1. The van der Waals surface area contributed by atoms with E-state index in [2.05, 4.69) is 0 Å². The topological polar surface area (TPSA) is 88.6 Å². The van der Waals surface area contributed by atoms with Crippen molar-refractivity contribution in [1.29, 1.82) is 0 Å². The largest absolute Gasteiger partial charge is 0.495 e. The lowest BCUT2D eigenvalue weighted by atomic mass is 10.1. The molecule has 12 heteroatoms. The standard InChI is InChI=1S/C24H31Cl2N3O6S/c1-27(10-9-17-5-7-21(34-3)22(15-17)35-4)36(31,32)18-6-8-20(33-2)19(16-18)28-11-13-29(14-12-28)24(30)23(25)26/h5-8,15-16,23H,9-14H2,1-4H3. The van der Waals surface area contributed by atoms with E-state index in [-0.39, 0.29) is 17.3 Å². The lowest BCUT2D eigenvalue weighted by Gasteiger charge is -2.37. The molecular weight excluding hydrogens is 529 g/mol. The van der Waals surface area contributed by atoms with Gasteiger partial charge in [-0.25, -0.2) is 12.7 Å². The van der Waals surface area contributed by atoms with Crippen molar-refractivity contribution in [3.63, 3.8) is 0 Å². The van der Waals surface area contributed by atoms with Crippen LogP contribution in [0.15, 0.2) is 41.3 Å². The second-order valence-electron chi connectivity index (χ2n) is 8.21. The predicted octanol–water partition coefficient (Wildman–Crippen LogP) is 3.03. The lowest BCUT2D eigenvalue weighted by molar-refractivity contribution is -0.129. The zero-order chi connectivity index (χ0) is 26.5. The minimum absolute atomic E-state index is 0.160. The summed E-state index contributed by atoms with van der Waals surface area (Å²) in [5, 5.41) is 0. The first-order valence-electron chi connectivity index (χ1n) is 11.3. The van der Waals surface area contributed by atoms with Crippen molar-refractivity contribution < 1.29 is 27.4 Å². The number of piperazine rings is 1. The minimum atomic E-state index is -3.76. The highest BCUT2D eigenvalue weighted by Gasteiger charge is 2.28. The monoisotopic (exact) mass is 559 g/mol. The normalized spacial score (nSPS) is 14.3. The summed E-state index contributed by atoms with van der Waals surface area (Å²) in [6, 6.07) is 10.3. The Hall–Kier alpha value is -2.40. The summed E-state index contributed by atoms with van der Waals surface area (Å²) >= 11 is 11.4. The number of halogens is 2. The van der Waals surface area contributed by atoms with Crippen LogP contribution in [0.2, 0.25) is 0 Å². The van der Waals surface area contributed by atoms with Crippen LogP contribution in [0.5, 0.6) is 17.2 Å². The molecule has 0 saturated carbocycles. The van der Waals surface area contributed by atoms with Gasteiger partial charge in [0, 0.05) is 39.8 Å². The second kappa shape index (κ2) is 12.2. The molecule has 9 nitrogen and oxygen atoms in total. The molecule has 1 fully saturated rings. The van der Waals surface area contributed by atoms with Gasteiger partial charge in [-0.05, 0) is 42.3 Å². The molecule has 1 aliphatic rings. The maximum Gasteiger partial charge on any atom is 0.255 e. The highest BCUT2D eigenvalue weighted by molar-refractivity contribution is 7.89. The van der Waals surface area contributed by atoms with Gasteiger partial charge in [0.1, 0.15) is 5.75 Å². The van der Waals surface area contributed by atoms with Crippen LogP contribution in [0.1, 0.15) is 5.56 Å². The average molecular weight is 561 g/mol. The Morgan fingerprint density at radius 1 is 0.944 bits per heavy atom. The van der Waals surface area contributed by atoms with E-state index in [0.29, 0.717) is 55.5 Å². The maximum absolute atomic E-state index is 13.4. The molecule has 1 amide bonds. The zero-order valence-electron chi connectivity index (χ0n) is 20.7. The first kappa shape index (κ1) is 28.2. The van der Waals surface area contributed by atoms with Crippen molar-refractivity contribution in [2.24, 2.45) is 0 Å². The number of methoxy groups -OCH3 is 3.